The van der Waals surface area contributed by atoms with Crippen molar-refractivity contribution in [3.05, 3.63) is 71.8 Å². The van der Waals surface area contributed by atoms with Gasteiger partial charge in [0.15, 0.2) is 0 Å². The first kappa shape index (κ1) is 15.3. The summed E-state index contributed by atoms with van der Waals surface area (Å²) >= 11 is 0. The molecule has 1 heterocycles. The molecule has 2 amide bonds. The number of nitrogens with zero attached hydrogens (tertiary/aromatic N) is 1. The second kappa shape index (κ2) is 6.24. The summed E-state index contributed by atoms with van der Waals surface area (Å²) in [7, 11) is 0. The number of likely N-dealkylation sites (tertiary alicyclic amines) is 1. The van der Waals surface area contributed by atoms with Crippen LogP contribution in [0.3, 0.4) is 0 Å². The minimum atomic E-state index is -0.672. The van der Waals surface area contributed by atoms with Crippen LogP contribution in [0.25, 0.3) is 0 Å². The fourth-order valence-corrected chi connectivity index (χ4v) is 3.29. The molecule has 118 valence electrons. The zero-order valence-electron chi connectivity index (χ0n) is 12.9. The Morgan fingerprint density at radius 3 is 1.91 bits per heavy atom. The first-order valence-electron chi connectivity index (χ1n) is 7.83. The molecule has 4 heteroatoms. The van der Waals surface area contributed by atoms with E-state index in [1.165, 1.54) is 0 Å². The van der Waals surface area contributed by atoms with E-state index in [2.05, 4.69) is 0 Å². The van der Waals surface area contributed by atoms with Gasteiger partial charge in [0.1, 0.15) is 0 Å². The summed E-state index contributed by atoms with van der Waals surface area (Å²) in [5.41, 5.74) is 6.68. The summed E-state index contributed by atoms with van der Waals surface area (Å²) in [5, 5.41) is 0. The summed E-state index contributed by atoms with van der Waals surface area (Å²) in [6, 6.07) is 18.9. The maximum atomic E-state index is 12.5. The standard InChI is InChI=1S/C19H20N2O2/c20-18(23)19(16-9-5-2-6-10-16)11-13-21(14-12-19)17(22)15-7-3-1-4-8-15/h1-10H,11-14H2,(H2,20,23). The number of rotatable bonds is 3. The lowest BCUT2D eigenvalue weighted by Gasteiger charge is -2.40. The van der Waals surface area contributed by atoms with E-state index in [1.54, 1.807) is 4.90 Å². The number of nitrogens with two attached hydrogens (primary N) is 1. The Morgan fingerprint density at radius 2 is 1.39 bits per heavy atom. The third-order valence-corrected chi connectivity index (χ3v) is 4.72. The van der Waals surface area contributed by atoms with E-state index in [1.807, 2.05) is 60.7 Å². The highest BCUT2D eigenvalue weighted by Gasteiger charge is 2.42. The van der Waals surface area contributed by atoms with Crippen LogP contribution in [0.2, 0.25) is 0 Å². The zero-order valence-corrected chi connectivity index (χ0v) is 12.9. The first-order valence-corrected chi connectivity index (χ1v) is 7.83. The molecule has 0 spiro atoms. The van der Waals surface area contributed by atoms with Crippen LogP contribution in [0.1, 0.15) is 28.8 Å². The highest BCUT2D eigenvalue weighted by atomic mass is 16.2. The van der Waals surface area contributed by atoms with E-state index >= 15 is 0 Å². The molecule has 1 saturated heterocycles. The number of benzene rings is 2. The van der Waals surface area contributed by atoms with Gasteiger partial charge in [-0.05, 0) is 30.5 Å². The molecular formula is C19H20N2O2. The van der Waals surface area contributed by atoms with Crippen LogP contribution in [0, 0.1) is 0 Å². The molecule has 1 aliphatic rings. The second-order valence-corrected chi connectivity index (χ2v) is 5.97. The van der Waals surface area contributed by atoms with Gasteiger partial charge in [0, 0.05) is 18.7 Å². The number of carbonyl (C=O) groups is 2. The zero-order chi connectivity index (χ0) is 16.3. The maximum absolute atomic E-state index is 12.5. The Bertz CT molecular complexity index is 690. The molecule has 0 aliphatic carbocycles. The largest absolute Gasteiger partial charge is 0.369 e. The van der Waals surface area contributed by atoms with Crippen LogP contribution in [0.4, 0.5) is 0 Å². The first-order chi connectivity index (χ1) is 11.1. The van der Waals surface area contributed by atoms with Gasteiger partial charge in [-0.15, -0.1) is 0 Å². The van der Waals surface area contributed by atoms with Gasteiger partial charge in [0.25, 0.3) is 5.91 Å². The van der Waals surface area contributed by atoms with Crippen molar-refractivity contribution in [1.82, 2.24) is 4.90 Å². The molecule has 1 aliphatic heterocycles. The molecule has 1 fully saturated rings. The molecule has 2 aromatic carbocycles. The topological polar surface area (TPSA) is 63.4 Å². The van der Waals surface area contributed by atoms with Crippen molar-refractivity contribution in [3.63, 3.8) is 0 Å². The van der Waals surface area contributed by atoms with Crippen molar-refractivity contribution in [2.45, 2.75) is 18.3 Å². The van der Waals surface area contributed by atoms with Crippen molar-refractivity contribution in [1.29, 1.82) is 0 Å². The molecular weight excluding hydrogens is 288 g/mol. The molecule has 0 atom stereocenters. The number of carbonyl (C=O) groups excluding carboxylic acids is 2. The highest BCUT2D eigenvalue weighted by Crippen LogP contribution is 2.35. The third kappa shape index (κ3) is 2.84. The average molecular weight is 308 g/mol. The lowest BCUT2D eigenvalue weighted by molar-refractivity contribution is -0.125. The number of piperidine rings is 1. The van der Waals surface area contributed by atoms with E-state index < -0.39 is 5.41 Å². The normalized spacial score (nSPS) is 16.8. The van der Waals surface area contributed by atoms with Gasteiger partial charge in [-0.2, -0.15) is 0 Å². The van der Waals surface area contributed by atoms with Crippen molar-refractivity contribution in [3.8, 4) is 0 Å². The van der Waals surface area contributed by atoms with Gasteiger partial charge in [-0.25, -0.2) is 0 Å². The SMILES string of the molecule is NC(=O)C1(c2ccccc2)CCN(C(=O)c2ccccc2)CC1. The van der Waals surface area contributed by atoms with Crippen LogP contribution in [-0.4, -0.2) is 29.8 Å². The predicted octanol–water partition coefficient (Wildman–Crippen LogP) is 2.35. The maximum Gasteiger partial charge on any atom is 0.253 e. The van der Waals surface area contributed by atoms with Gasteiger partial charge in [0.2, 0.25) is 5.91 Å². The average Bonchev–Trinajstić information content (AvgIpc) is 2.62. The summed E-state index contributed by atoms with van der Waals surface area (Å²) in [5.74, 6) is -0.299. The van der Waals surface area contributed by atoms with Crippen LogP contribution in [0.5, 0.6) is 0 Å². The van der Waals surface area contributed by atoms with Crippen molar-refractivity contribution in [2.24, 2.45) is 5.73 Å². The summed E-state index contributed by atoms with van der Waals surface area (Å²) in [6.45, 7) is 1.07. The Kier molecular flexibility index (Phi) is 4.15. The number of amides is 2. The lowest BCUT2D eigenvalue weighted by atomic mass is 9.72. The summed E-state index contributed by atoms with van der Waals surface area (Å²) in [4.78, 5) is 26.5. The number of hydrogen-bond acceptors (Lipinski definition) is 2. The molecule has 0 bridgehead atoms. The number of primary amides is 1. The number of hydrogen-bond donors (Lipinski definition) is 1. The van der Waals surface area contributed by atoms with E-state index in [0.717, 1.165) is 5.56 Å². The minimum absolute atomic E-state index is 0.0109. The smallest absolute Gasteiger partial charge is 0.253 e. The van der Waals surface area contributed by atoms with E-state index in [9.17, 15) is 9.59 Å². The van der Waals surface area contributed by atoms with Crippen LogP contribution in [-0.2, 0) is 10.2 Å². The highest BCUT2D eigenvalue weighted by molar-refractivity contribution is 5.94. The van der Waals surface area contributed by atoms with Crippen molar-refractivity contribution < 1.29 is 9.59 Å². The molecule has 23 heavy (non-hydrogen) atoms. The minimum Gasteiger partial charge on any atom is -0.369 e. The van der Waals surface area contributed by atoms with Crippen LogP contribution >= 0.6 is 0 Å². The van der Waals surface area contributed by atoms with Gasteiger partial charge in [-0.3, -0.25) is 9.59 Å². The van der Waals surface area contributed by atoms with Gasteiger partial charge in [-0.1, -0.05) is 48.5 Å². The van der Waals surface area contributed by atoms with Crippen molar-refractivity contribution in [2.75, 3.05) is 13.1 Å². The van der Waals surface area contributed by atoms with Crippen LogP contribution < -0.4 is 5.73 Å². The fourth-order valence-electron chi connectivity index (χ4n) is 3.29. The predicted molar refractivity (Wildman–Crippen MR) is 88.9 cm³/mol. The Hall–Kier alpha value is -2.62. The lowest BCUT2D eigenvalue weighted by Crippen LogP contribution is -2.51. The van der Waals surface area contributed by atoms with Gasteiger partial charge in [0.05, 0.1) is 5.41 Å². The van der Waals surface area contributed by atoms with E-state index in [-0.39, 0.29) is 11.8 Å². The molecule has 0 radical (unpaired) electrons. The molecule has 2 N–H and O–H groups in total. The van der Waals surface area contributed by atoms with E-state index in [0.29, 0.717) is 31.5 Å². The molecule has 4 nitrogen and oxygen atoms in total. The fraction of sp³-hybridized carbons (Fsp3) is 0.263. The Balaban J connectivity index is 1.79. The molecule has 2 aromatic rings. The molecule has 0 saturated carbocycles. The molecule has 3 rings (SSSR count). The summed E-state index contributed by atoms with van der Waals surface area (Å²) < 4.78 is 0. The molecule has 0 unspecified atom stereocenters. The second-order valence-electron chi connectivity index (χ2n) is 5.97. The quantitative estimate of drug-likeness (QED) is 0.946. The monoisotopic (exact) mass is 308 g/mol. The van der Waals surface area contributed by atoms with Crippen LogP contribution in [0.15, 0.2) is 60.7 Å². The Labute approximate surface area is 135 Å². The molecule has 0 aromatic heterocycles. The van der Waals surface area contributed by atoms with Crippen molar-refractivity contribution >= 4 is 11.8 Å². The van der Waals surface area contributed by atoms with Gasteiger partial charge >= 0.3 is 0 Å². The Morgan fingerprint density at radius 1 is 0.870 bits per heavy atom. The van der Waals surface area contributed by atoms with E-state index in [4.69, 9.17) is 5.73 Å². The third-order valence-electron chi connectivity index (χ3n) is 4.72. The summed E-state index contributed by atoms with van der Waals surface area (Å²) in [6.07, 6.45) is 1.12. The van der Waals surface area contributed by atoms with Gasteiger partial charge < -0.3 is 10.6 Å².